The van der Waals surface area contributed by atoms with Gasteiger partial charge in [0.25, 0.3) is 0 Å². The Morgan fingerprint density at radius 2 is 1.76 bits per heavy atom. The monoisotopic (exact) mass is 358 g/mol. The van der Waals surface area contributed by atoms with Crippen molar-refractivity contribution in [3.8, 4) is 11.3 Å². The van der Waals surface area contributed by atoms with E-state index in [1.54, 1.807) is 11.3 Å². The van der Waals surface area contributed by atoms with Crippen LogP contribution in [-0.4, -0.2) is 49.0 Å². The average Bonchev–Trinajstić information content (AvgIpc) is 3.05. The molecule has 5 nitrogen and oxygen atoms in total. The van der Waals surface area contributed by atoms with Gasteiger partial charge in [-0.3, -0.25) is 4.79 Å². The van der Waals surface area contributed by atoms with E-state index in [4.69, 9.17) is 4.98 Å². The maximum atomic E-state index is 12.1. The van der Waals surface area contributed by atoms with Crippen LogP contribution in [-0.2, 0) is 4.79 Å². The minimum Gasteiger partial charge on any atom is -0.346 e. The molecule has 0 radical (unpaired) electrons. The molecule has 0 unspecified atom stereocenters. The van der Waals surface area contributed by atoms with Gasteiger partial charge in [-0.15, -0.1) is 11.3 Å². The number of benzene rings is 1. The molecule has 0 atom stereocenters. The van der Waals surface area contributed by atoms with Gasteiger partial charge in [-0.2, -0.15) is 0 Å². The lowest BCUT2D eigenvalue weighted by Gasteiger charge is -2.32. The Bertz CT molecular complexity index is 725. The number of piperazine rings is 1. The van der Waals surface area contributed by atoms with Crippen LogP contribution < -0.4 is 10.2 Å². The SMILES string of the molecule is CN1CCN(c2nc(-c3ccc(NC(=O)C(C)(C)C)cc3)cs2)CC1. The number of nitrogens with one attached hydrogen (secondary N) is 1. The summed E-state index contributed by atoms with van der Waals surface area (Å²) in [5.74, 6) is 0.0197. The number of nitrogens with zero attached hydrogens (tertiary/aromatic N) is 3. The summed E-state index contributed by atoms with van der Waals surface area (Å²) in [6, 6.07) is 7.91. The first-order chi connectivity index (χ1) is 11.8. The summed E-state index contributed by atoms with van der Waals surface area (Å²) in [6.07, 6.45) is 0. The van der Waals surface area contributed by atoms with Crippen LogP contribution in [0.1, 0.15) is 20.8 Å². The van der Waals surface area contributed by atoms with Crippen LogP contribution in [0.25, 0.3) is 11.3 Å². The maximum Gasteiger partial charge on any atom is 0.229 e. The Morgan fingerprint density at radius 3 is 2.36 bits per heavy atom. The lowest BCUT2D eigenvalue weighted by Crippen LogP contribution is -2.44. The minimum absolute atomic E-state index is 0.0197. The Kier molecular flexibility index (Phi) is 5.11. The summed E-state index contributed by atoms with van der Waals surface area (Å²) in [5, 5.41) is 6.15. The lowest BCUT2D eigenvalue weighted by atomic mass is 9.95. The van der Waals surface area contributed by atoms with E-state index < -0.39 is 5.41 Å². The van der Waals surface area contributed by atoms with Gasteiger partial charge >= 0.3 is 0 Å². The van der Waals surface area contributed by atoms with Gasteiger partial charge < -0.3 is 15.1 Å². The van der Waals surface area contributed by atoms with Gasteiger partial charge in [-0.05, 0) is 19.2 Å². The zero-order valence-corrected chi connectivity index (χ0v) is 16.2. The predicted octanol–water partition coefficient (Wildman–Crippen LogP) is 3.55. The zero-order valence-electron chi connectivity index (χ0n) is 15.4. The normalized spacial score (nSPS) is 16.1. The number of hydrogen-bond donors (Lipinski definition) is 1. The Morgan fingerprint density at radius 1 is 1.12 bits per heavy atom. The number of amides is 1. The molecular formula is C19H26N4OS. The van der Waals surface area contributed by atoms with E-state index >= 15 is 0 Å². The highest BCUT2D eigenvalue weighted by molar-refractivity contribution is 7.14. The first kappa shape index (κ1) is 17.9. The van der Waals surface area contributed by atoms with Crippen molar-refractivity contribution in [3.63, 3.8) is 0 Å². The van der Waals surface area contributed by atoms with Crippen molar-refractivity contribution in [3.05, 3.63) is 29.6 Å². The fraction of sp³-hybridized carbons (Fsp3) is 0.474. The van der Waals surface area contributed by atoms with E-state index in [-0.39, 0.29) is 5.91 Å². The van der Waals surface area contributed by atoms with Gasteiger partial charge in [0.1, 0.15) is 0 Å². The molecule has 1 fully saturated rings. The average molecular weight is 359 g/mol. The van der Waals surface area contributed by atoms with E-state index in [9.17, 15) is 4.79 Å². The van der Waals surface area contributed by atoms with Gasteiger partial charge in [-0.1, -0.05) is 32.9 Å². The van der Waals surface area contributed by atoms with Crippen molar-refractivity contribution in [1.29, 1.82) is 0 Å². The number of carbonyl (C=O) groups excluding carboxylic acids is 1. The molecule has 0 spiro atoms. The quantitative estimate of drug-likeness (QED) is 0.912. The molecule has 1 saturated heterocycles. The van der Waals surface area contributed by atoms with Crippen LogP contribution in [0.2, 0.25) is 0 Å². The molecule has 0 bridgehead atoms. The molecule has 1 N–H and O–H groups in total. The molecule has 0 aliphatic carbocycles. The van der Waals surface area contributed by atoms with Crippen molar-refractivity contribution >= 4 is 28.1 Å². The van der Waals surface area contributed by atoms with Gasteiger partial charge in [0.15, 0.2) is 5.13 Å². The van der Waals surface area contributed by atoms with Crippen LogP contribution in [0.5, 0.6) is 0 Å². The largest absolute Gasteiger partial charge is 0.346 e. The van der Waals surface area contributed by atoms with Crippen LogP contribution in [0.4, 0.5) is 10.8 Å². The predicted molar refractivity (Wildman–Crippen MR) is 105 cm³/mol. The standard InChI is InChI=1S/C19H26N4OS/c1-19(2,3)17(24)20-15-7-5-14(6-8-15)16-13-25-18(21-16)23-11-9-22(4)10-12-23/h5-8,13H,9-12H2,1-4H3,(H,20,24). The second-order valence-corrected chi connectivity index (χ2v) is 8.42. The van der Waals surface area contributed by atoms with Gasteiger partial charge in [0, 0.05) is 48.2 Å². The molecule has 1 aliphatic rings. The summed E-state index contributed by atoms with van der Waals surface area (Å²) in [5.41, 5.74) is 2.49. The molecule has 6 heteroatoms. The topological polar surface area (TPSA) is 48.5 Å². The number of thiazole rings is 1. The van der Waals surface area contributed by atoms with Crippen LogP contribution in [0, 0.1) is 5.41 Å². The molecule has 25 heavy (non-hydrogen) atoms. The molecule has 1 aromatic carbocycles. The summed E-state index contributed by atoms with van der Waals surface area (Å²) in [7, 11) is 2.16. The number of rotatable bonds is 3. The highest BCUT2D eigenvalue weighted by Gasteiger charge is 2.21. The van der Waals surface area contributed by atoms with Crippen LogP contribution >= 0.6 is 11.3 Å². The van der Waals surface area contributed by atoms with Crippen molar-refractivity contribution < 1.29 is 4.79 Å². The Labute approximate surface area is 153 Å². The summed E-state index contributed by atoms with van der Waals surface area (Å²) in [6.45, 7) is 9.94. The fourth-order valence-corrected chi connectivity index (χ4v) is 3.47. The molecule has 2 heterocycles. The third-order valence-corrected chi connectivity index (χ3v) is 5.29. The van der Waals surface area contributed by atoms with E-state index in [0.717, 1.165) is 48.3 Å². The number of aromatic nitrogens is 1. The lowest BCUT2D eigenvalue weighted by molar-refractivity contribution is -0.123. The first-order valence-corrected chi connectivity index (χ1v) is 9.52. The molecule has 1 aliphatic heterocycles. The Balaban J connectivity index is 1.68. The summed E-state index contributed by atoms with van der Waals surface area (Å²) >= 11 is 1.70. The summed E-state index contributed by atoms with van der Waals surface area (Å²) in [4.78, 5) is 21.6. The number of likely N-dealkylation sites (N-methyl/N-ethyl adjacent to an activating group) is 1. The molecule has 2 aromatic rings. The molecule has 3 rings (SSSR count). The highest BCUT2D eigenvalue weighted by atomic mass is 32.1. The van der Waals surface area contributed by atoms with Crippen molar-refractivity contribution in [2.45, 2.75) is 20.8 Å². The number of carbonyl (C=O) groups is 1. The van der Waals surface area contributed by atoms with Crippen molar-refractivity contribution in [1.82, 2.24) is 9.88 Å². The van der Waals surface area contributed by atoms with E-state index in [1.165, 1.54) is 0 Å². The Hall–Kier alpha value is -1.92. The van der Waals surface area contributed by atoms with E-state index in [1.807, 2.05) is 45.0 Å². The van der Waals surface area contributed by atoms with Gasteiger partial charge in [0.05, 0.1) is 5.69 Å². The second kappa shape index (κ2) is 7.14. The molecular weight excluding hydrogens is 332 g/mol. The first-order valence-electron chi connectivity index (χ1n) is 8.64. The third-order valence-electron chi connectivity index (χ3n) is 4.39. The zero-order chi connectivity index (χ0) is 18.0. The smallest absolute Gasteiger partial charge is 0.229 e. The number of anilines is 2. The van der Waals surface area contributed by atoms with Crippen molar-refractivity contribution in [2.24, 2.45) is 5.41 Å². The fourth-order valence-electron chi connectivity index (χ4n) is 2.58. The molecule has 1 aromatic heterocycles. The van der Waals surface area contributed by atoms with Crippen molar-refractivity contribution in [2.75, 3.05) is 43.4 Å². The van der Waals surface area contributed by atoms with E-state index in [0.29, 0.717) is 0 Å². The van der Waals surface area contributed by atoms with Gasteiger partial charge in [0.2, 0.25) is 5.91 Å². The van der Waals surface area contributed by atoms with E-state index in [2.05, 4.69) is 27.5 Å². The van der Waals surface area contributed by atoms with Crippen LogP contribution in [0.3, 0.4) is 0 Å². The number of hydrogen-bond acceptors (Lipinski definition) is 5. The molecule has 0 saturated carbocycles. The highest BCUT2D eigenvalue weighted by Crippen LogP contribution is 2.29. The molecule has 134 valence electrons. The minimum atomic E-state index is -0.398. The van der Waals surface area contributed by atoms with Crippen LogP contribution in [0.15, 0.2) is 29.6 Å². The summed E-state index contributed by atoms with van der Waals surface area (Å²) < 4.78 is 0. The molecule has 1 amide bonds. The third kappa shape index (κ3) is 4.38. The van der Waals surface area contributed by atoms with Gasteiger partial charge in [-0.25, -0.2) is 4.98 Å². The maximum absolute atomic E-state index is 12.1. The second-order valence-electron chi connectivity index (χ2n) is 7.59.